The number of hydrogen-bond acceptors (Lipinski definition) is 5. The van der Waals surface area contributed by atoms with Gasteiger partial charge in [-0.2, -0.15) is 4.98 Å². The van der Waals surface area contributed by atoms with Gasteiger partial charge in [-0.3, -0.25) is 0 Å². The highest BCUT2D eigenvalue weighted by atomic mass is 79.9. The van der Waals surface area contributed by atoms with Crippen LogP contribution in [0.5, 0.6) is 0 Å². The number of nitrogens with one attached hydrogen (secondary N) is 1. The van der Waals surface area contributed by atoms with E-state index in [0.29, 0.717) is 6.54 Å². The van der Waals surface area contributed by atoms with E-state index in [-0.39, 0.29) is 11.3 Å². The number of rotatable bonds is 7. The molecule has 4 rings (SSSR count). The number of nitrogens with two attached hydrogens (primary N) is 1. The second-order valence-corrected chi connectivity index (χ2v) is 9.08. The molecule has 0 amide bonds. The topological polar surface area (TPSA) is 68.2 Å². The molecule has 3 aromatic rings. The Kier molecular flexibility index (Phi) is 5.23. The maximum Gasteiger partial charge on any atom is 0.243 e. The van der Waals surface area contributed by atoms with Crippen molar-refractivity contribution in [3.63, 3.8) is 0 Å². The molecule has 0 aliphatic heterocycles. The second-order valence-electron chi connectivity index (χ2n) is 6.96. The average Bonchev–Trinajstić information content (AvgIpc) is 3.19. The number of nitrogens with zero attached hydrogens (tertiary/aromatic N) is 3. The van der Waals surface area contributed by atoms with Crippen molar-refractivity contribution in [1.82, 2.24) is 14.6 Å². The summed E-state index contributed by atoms with van der Waals surface area (Å²) in [6, 6.07) is 4.31. The molecular weight excluding hydrogens is 434 g/mol. The number of aryl methyl sites for hydroxylation is 1. The molecule has 0 spiro atoms. The first-order valence-electron chi connectivity index (χ1n) is 8.78. The maximum atomic E-state index is 6.39. The number of thiophene rings is 1. The highest BCUT2D eigenvalue weighted by Crippen LogP contribution is 2.36. The lowest BCUT2D eigenvalue weighted by Crippen LogP contribution is -2.23. The van der Waals surface area contributed by atoms with Crippen LogP contribution in [0.1, 0.15) is 35.3 Å². The van der Waals surface area contributed by atoms with E-state index in [4.69, 9.17) is 17.3 Å². The smallest absolute Gasteiger partial charge is 0.243 e. The Morgan fingerprint density at radius 3 is 3.00 bits per heavy atom. The fourth-order valence-electron chi connectivity index (χ4n) is 3.38. The van der Waals surface area contributed by atoms with Crippen molar-refractivity contribution >= 4 is 50.2 Å². The van der Waals surface area contributed by atoms with Crippen LogP contribution in [0.15, 0.2) is 22.1 Å². The fourth-order valence-corrected chi connectivity index (χ4v) is 4.90. The monoisotopic (exact) mass is 453 g/mol. The van der Waals surface area contributed by atoms with Crippen LogP contribution in [0.2, 0.25) is 5.28 Å². The van der Waals surface area contributed by atoms with Crippen LogP contribution >= 0.6 is 38.9 Å². The maximum absolute atomic E-state index is 6.39. The number of hydrogen-bond donors (Lipinski definition) is 2. The Labute approximate surface area is 170 Å². The molecular formula is C18H21BrClN5S. The van der Waals surface area contributed by atoms with Gasteiger partial charge in [-0.1, -0.05) is 18.9 Å². The van der Waals surface area contributed by atoms with E-state index < -0.39 is 0 Å². The van der Waals surface area contributed by atoms with Crippen molar-refractivity contribution in [2.24, 2.45) is 11.7 Å². The molecule has 3 N–H and O–H groups in total. The van der Waals surface area contributed by atoms with Gasteiger partial charge >= 0.3 is 0 Å². The van der Waals surface area contributed by atoms with E-state index in [2.05, 4.69) is 49.7 Å². The average molecular weight is 455 g/mol. The molecule has 1 atom stereocenters. The normalized spacial score (nSPS) is 15.5. The first-order valence-corrected chi connectivity index (χ1v) is 10.8. The van der Waals surface area contributed by atoms with Crippen LogP contribution in [0.25, 0.3) is 5.52 Å². The third kappa shape index (κ3) is 3.76. The van der Waals surface area contributed by atoms with Gasteiger partial charge in [0.2, 0.25) is 5.28 Å². The molecule has 5 nitrogen and oxygen atoms in total. The van der Waals surface area contributed by atoms with Crippen LogP contribution in [-0.4, -0.2) is 20.6 Å². The van der Waals surface area contributed by atoms with E-state index in [1.165, 1.54) is 23.3 Å². The molecule has 1 aliphatic carbocycles. The van der Waals surface area contributed by atoms with Crippen LogP contribution in [0, 0.1) is 12.8 Å². The van der Waals surface area contributed by atoms with Crippen LogP contribution in [-0.2, 0) is 13.0 Å². The highest BCUT2D eigenvalue weighted by molar-refractivity contribution is 9.10. The standard InChI is InChI=1S/C18H21BrClN5S/c1-10-14(8-12(21)7-11-4-5-11)16(19)25-15(10)17(23-18(20)24-25)22-9-13-3-2-6-26-13/h2-3,6,11-12H,4-5,7-9,21H2,1H3,(H,22,23,24)/t12-/m0/s1. The summed E-state index contributed by atoms with van der Waals surface area (Å²) in [5.41, 5.74) is 9.68. The van der Waals surface area contributed by atoms with Crippen molar-refractivity contribution in [2.75, 3.05) is 5.32 Å². The highest BCUT2D eigenvalue weighted by Gasteiger charge is 2.26. The first-order chi connectivity index (χ1) is 12.5. The van der Waals surface area contributed by atoms with Gasteiger partial charge in [-0.15, -0.1) is 16.4 Å². The lowest BCUT2D eigenvalue weighted by Gasteiger charge is -2.11. The molecule has 1 saturated carbocycles. The lowest BCUT2D eigenvalue weighted by atomic mass is 10.0. The zero-order valence-corrected chi connectivity index (χ0v) is 17.7. The van der Waals surface area contributed by atoms with Crippen molar-refractivity contribution in [3.8, 4) is 0 Å². The number of anilines is 1. The van der Waals surface area contributed by atoms with Crippen molar-refractivity contribution < 1.29 is 0 Å². The van der Waals surface area contributed by atoms with Crippen LogP contribution in [0.4, 0.5) is 5.82 Å². The predicted octanol–water partition coefficient (Wildman–Crippen LogP) is 4.80. The second kappa shape index (κ2) is 7.46. The minimum absolute atomic E-state index is 0.167. The summed E-state index contributed by atoms with van der Waals surface area (Å²) in [5.74, 6) is 1.57. The van der Waals surface area contributed by atoms with E-state index in [9.17, 15) is 0 Å². The summed E-state index contributed by atoms with van der Waals surface area (Å²) < 4.78 is 2.75. The third-order valence-corrected chi connectivity index (χ3v) is 6.73. The lowest BCUT2D eigenvalue weighted by molar-refractivity contribution is 0.564. The first kappa shape index (κ1) is 18.2. The number of halogens is 2. The molecule has 26 heavy (non-hydrogen) atoms. The molecule has 0 bridgehead atoms. The summed E-state index contributed by atoms with van der Waals surface area (Å²) in [4.78, 5) is 5.67. The van der Waals surface area contributed by atoms with Gasteiger partial charge in [0.15, 0.2) is 5.82 Å². The molecule has 1 fully saturated rings. The SMILES string of the molecule is Cc1c(C[C@@H](N)CC2CC2)c(Br)n2nc(Cl)nc(NCc3cccs3)c12. The van der Waals surface area contributed by atoms with Crippen LogP contribution in [0.3, 0.4) is 0 Å². The van der Waals surface area contributed by atoms with Gasteiger partial charge in [0, 0.05) is 10.9 Å². The van der Waals surface area contributed by atoms with Gasteiger partial charge < -0.3 is 11.1 Å². The molecule has 1 aliphatic rings. The Morgan fingerprint density at radius 2 is 2.31 bits per heavy atom. The zero-order chi connectivity index (χ0) is 18.3. The van der Waals surface area contributed by atoms with Crippen molar-refractivity contribution in [1.29, 1.82) is 0 Å². The van der Waals surface area contributed by atoms with Gasteiger partial charge in [-0.05, 0) is 75.8 Å². The van der Waals surface area contributed by atoms with Gasteiger partial charge in [0.05, 0.1) is 6.54 Å². The zero-order valence-electron chi connectivity index (χ0n) is 14.5. The number of fused-ring (bicyclic) bond motifs is 1. The summed E-state index contributed by atoms with van der Waals surface area (Å²) in [7, 11) is 0. The minimum Gasteiger partial charge on any atom is -0.363 e. The van der Waals surface area contributed by atoms with Crippen molar-refractivity contribution in [2.45, 2.75) is 45.2 Å². The summed E-state index contributed by atoms with van der Waals surface area (Å²) in [6.07, 6.45) is 4.56. The largest absolute Gasteiger partial charge is 0.363 e. The quantitative estimate of drug-likeness (QED) is 0.538. The van der Waals surface area contributed by atoms with E-state index in [1.54, 1.807) is 11.3 Å². The molecule has 8 heteroatoms. The van der Waals surface area contributed by atoms with E-state index in [0.717, 1.165) is 40.3 Å². The molecule has 0 saturated heterocycles. The Balaban J connectivity index is 1.66. The third-order valence-electron chi connectivity index (χ3n) is 4.88. The van der Waals surface area contributed by atoms with E-state index in [1.807, 2.05) is 10.6 Å². The summed E-state index contributed by atoms with van der Waals surface area (Å²) in [6.45, 7) is 2.81. The van der Waals surface area contributed by atoms with E-state index >= 15 is 0 Å². The summed E-state index contributed by atoms with van der Waals surface area (Å²) >= 11 is 11.6. The predicted molar refractivity (Wildman–Crippen MR) is 111 cm³/mol. The van der Waals surface area contributed by atoms with Gasteiger partial charge in [-0.25, -0.2) is 4.52 Å². The van der Waals surface area contributed by atoms with Crippen molar-refractivity contribution in [3.05, 3.63) is 43.4 Å². The minimum atomic E-state index is 0.167. The molecule has 0 aromatic carbocycles. The molecule has 3 heterocycles. The molecule has 0 radical (unpaired) electrons. The molecule has 138 valence electrons. The van der Waals surface area contributed by atoms with Gasteiger partial charge in [0.25, 0.3) is 0 Å². The fraction of sp³-hybridized carbons (Fsp3) is 0.444. The van der Waals surface area contributed by atoms with Gasteiger partial charge in [0.1, 0.15) is 10.1 Å². The Hall–Kier alpha value is -1.15. The molecule has 0 unspecified atom stereocenters. The summed E-state index contributed by atoms with van der Waals surface area (Å²) in [5, 5.41) is 10.1. The number of aromatic nitrogens is 3. The van der Waals surface area contributed by atoms with Crippen LogP contribution < -0.4 is 11.1 Å². The Morgan fingerprint density at radius 1 is 1.50 bits per heavy atom. The molecule has 3 aromatic heterocycles. The Bertz CT molecular complexity index is 920.